The SMILES string of the molecule is Cc1cnccc1NCCNS(=O)(=O)c1cccnc1. The van der Waals surface area contributed by atoms with Gasteiger partial charge >= 0.3 is 0 Å². The number of anilines is 1. The second-order valence-corrected chi connectivity index (χ2v) is 5.97. The zero-order chi connectivity index (χ0) is 14.4. The van der Waals surface area contributed by atoms with E-state index in [1.54, 1.807) is 18.5 Å². The lowest BCUT2D eigenvalue weighted by Crippen LogP contribution is -2.29. The quantitative estimate of drug-likeness (QED) is 0.781. The molecule has 0 aliphatic heterocycles. The number of rotatable bonds is 6. The summed E-state index contributed by atoms with van der Waals surface area (Å²) in [7, 11) is -3.49. The minimum atomic E-state index is -3.49. The Bertz CT molecular complexity index is 659. The molecule has 2 N–H and O–H groups in total. The molecular weight excluding hydrogens is 276 g/mol. The second-order valence-electron chi connectivity index (χ2n) is 4.20. The molecule has 0 saturated carbocycles. The van der Waals surface area contributed by atoms with Crippen molar-refractivity contribution >= 4 is 15.7 Å². The molecule has 2 heterocycles. The van der Waals surface area contributed by atoms with Gasteiger partial charge in [0.2, 0.25) is 10.0 Å². The Hall–Kier alpha value is -1.99. The van der Waals surface area contributed by atoms with Crippen molar-refractivity contribution in [3.05, 3.63) is 48.5 Å². The van der Waals surface area contributed by atoms with Crippen LogP contribution in [-0.4, -0.2) is 31.5 Å². The van der Waals surface area contributed by atoms with Gasteiger partial charge in [-0.1, -0.05) is 0 Å². The van der Waals surface area contributed by atoms with Gasteiger partial charge in [-0.25, -0.2) is 13.1 Å². The van der Waals surface area contributed by atoms with Gasteiger partial charge in [0.25, 0.3) is 0 Å². The Morgan fingerprint density at radius 1 is 1.10 bits per heavy atom. The number of nitrogens with zero attached hydrogens (tertiary/aromatic N) is 2. The number of nitrogens with one attached hydrogen (secondary N) is 2. The van der Waals surface area contributed by atoms with Crippen molar-refractivity contribution in [1.29, 1.82) is 0 Å². The summed E-state index contributed by atoms with van der Waals surface area (Å²) in [5.74, 6) is 0. The fraction of sp³-hybridized carbons (Fsp3) is 0.231. The molecule has 2 aromatic heterocycles. The maximum absolute atomic E-state index is 11.9. The highest BCUT2D eigenvalue weighted by atomic mass is 32.2. The monoisotopic (exact) mass is 292 g/mol. The van der Waals surface area contributed by atoms with Gasteiger partial charge in [-0.15, -0.1) is 0 Å². The summed E-state index contributed by atoms with van der Waals surface area (Å²) in [6.45, 7) is 2.72. The van der Waals surface area contributed by atoms with Crippen molar-refractivity contribution in [2.45, 2.75) is 11.8 Å². The Labute approximate surface area is 118 Å². The van der Waals surface area contributed by atoms with Crippen LogP contribution in [-0.2, 0) is 10.0 Å². The summed E-state index contributed by atoms with van der Waals surface area (Å²) in [6.07, 6.45) is 6.30. The van der Waals surface area contributed by atoms with E-state index in [-0.39, 0.29) is 4.90 Å². The van der Waals surface area contributed by atoms with Gasteiger partial charge in [0, 0.05) is 43.6 Å². The molecule has 0 aromatic carbocycles. The number of aryl methyl sites for hydroxylation is 1. The highest BCUT2D eigenvalue weighted by Gasteiger charge is 2.12. The van der Waals surface area contributed by atoms with Crippen LogP contribution in [0.15, 0.2) is 47.9 Å². The predicted molar refractivity (Wildman–Crippen MR) is 76.9 cm³/mol. The summed E-state index contributed by atoms with van der Waals surface area (Å²) in [4.78, 5) is 7.96. The van der Waals surface area contributed by atoms with Crippen molar-refractivity contribution in [2.75, 3.05) is 18.4 Å². The van der Waals surface area contributed by atoms with Gasteiger partial charge in [0.1, 0.15) is 4.90 Å². The first kappa shape index (κ1) is 14.4. The Morgan fingerprint density at radius 2 is 1.90 bits per heavy atom. The number of sulfonamides is 1. The Kier molecular flexibility index (Phi) is 4.65. The average Bonchev–Trinajstić information content (AvgIpc) is 2.46. The minimum Gasteiger partial charge on any atom is -0.383 e. The molecule has 7 heteroatoms. The third-order valence-corrected chi connectivity index (χ3v) is 4.14. The number of pyridine rings is 2. The van der Waals surface area contributed by atoms with Crippen molar-refractivity contribution in [1.82, 2.24) is 14.7 Å². The van der Waals surface area contributed by atoms with Crippen LogP contribution in [0.4, 0.5) is 5.69 Å². The van der Waals surface area contributed by atoms with E-state index < -0.39 is 10.0 Å². The third kappa shape index (κ3) is 3.75. The molecule has 0 atom stereocenters. The predicted octanol–water partition coefficient (Wildman–Crippen LogP) is 1.18. The first-order valence-corrected chi connectivity index (χ1v) is 7.62. The summed E-state index contributed by atoms with van der Waals surface area (Å²) in [6, 6.07) is 4.95. The van der Waals surface area contributed by atoms with E-state index in [1.807, 2.05) is 13.0 Å². The normalized spacial score (nSPS) is 11.2. The molecule has 106 valence electrons. The number of hydrogen-bond donors (Lipinski definition) is 2. The molecule has 2 aromatic rings. The van der Waals surface area contributed by atoms with E-state index >= 15 is 0 Å². The fourth-order valence-corrected chi connectivity index (χ4v) is 2.64. The smallest absolute Gasteiger partial charge is 0.242 e. The maximum Gasteiger partial charge on any atom is 0.242 e. The zero-order valence-corrected chi connectivity index (χ0v) is 11.9. The van der Waals surface area contributed by atoms with Gasteiger partial charge in [-0.3, -0.25) is 9.97 Å². The molecular formula is C13H16N4O2S. The molecule has 20 heavy (non-hydrogen) atoms. The van der Waals surface area contributed by atoms with E-state index in [0.29, 0.717) is 13.1 Å². The van der Waals surface area contributed by atoms with E-state index in [0.717, 1.165) is 11.3 Å². The Morgan fingerprint density at radius 3 is 2.60 bits per heavy atom. The van der Waals surface area contributed by atoms with E-state index in [4.69, 9.17) is 0 Å². The molecule has 0 bridgehead atoms. The van der Waals surface area contributed by atoms with Crippen LogP contribution in [0.25, 0.3) is 0 Å². The lowest BCUT2D eigenvalue weighted by Gasteiger charge is -2.10. The first-order chi connectivity index (χ1) is 9.59. The van der Waals surface area contributed by atoms with Crippen molar-refractivity contribution in [3.63, 3.8) is 0 Å². The van der Waals surface area contributed by atoms with Crippen LogP contribution in [0, 0.1) is 6.92 Å². The summed E-state index contributed by atoms with van der Waals surface area (Å²) >= 11 is 0. The van der Waals surface area contributed by atoms with E-state index in [2.05, 4.69) is 20.0 Å². The largest absolute Gasteiger partial charge is 0.383 e. The molecule has 0 saturated heterocycles. The maximum atomic E-state index is 11.9. The van der Waals surface area contributed by atoms with E-state index in [1.165, 1.54) is 18.5 Å². The van der Waals surface area contributed by atoms with Crippen molar-refractivity contribution in [2.24, 2.45) is 0 Å². The summed E-state index contributed by atoms with van der Waals surface area (Å²) < 4.78 is 26.4. The minimum absolute atomic E-state index is 0.167. The number of aromatic nitrogens is 2. The van der Waals surface area contributed by atoms with Gasteiger partial charge in [-0.05, 0) is 30.7 Å². The topological polar surface area (TPSA) is 84.0 Å². The van der Waals surface area contributed by atoms with E-state index in [9.17, 15) is 8.42 Å². The molecule has 0 aliphatic rings. The lowest BCUT2D eigenvalue weighted by atomic mass is 10.2. The molecule has 0 unspecified atom stereocenters. The lowest BCUT2D eigenvalue weighted by molar-refractivity contribution is 0.582. The molecule has 2 rings (SSSR count). The van der Waals surface area contributed by atoms with Crippen LogP contribution >= 0.6 is 0 Å². The summed E-state index contributed by atoms with van der Waals surface area (Å²) in [5, 5.41) is 3.15. The van der Waals surface area contributed by atoms with Gasteiger partial charge in [0.05, 0.1) is 0 Å². The van der Waals surface area contributed by atoms with Crippen LogP contribution in [0.1, 0.15) is 5.56 Å². The average molecular weight is 292 g/mol. The first-order valence-electron chi connectivity index (χ1n) is 6.14. The third-order valence-electron chi connectivity index (χ3n) is 2.70. The van der Waals surface area contributed by atoms with Crippen molar-refractivity contribution in [3.8, 4) is 0 Å². The summed E-state index contributed by atoms with van der Waals surface area (Å²) in [5.41, 5.74) is 1.96. The molecule has 0 aliphatic carbocycles. The van der Waals surface area contributed by atoms with Crippen LogP contribution in [0.5, 0.6) is 0 Å². The van der Waals surface area contributed by atoms with Gasteiger partial charge in [-0.2, -0.15) is 0 Å². The molecule has 6 nitrogen and oxygen atoms in total. The molecule has 0 fully saturated rings. The number of hydrogen-bond acceptors (Lipinski definition) is 5. The van der Waals surface area contributed by atoms with Crippen molar-refractivity contribution < 1.29 is 8.42 Å². The molecule has 0 radical (unpaired) electrons. The van der Waals surface area contributed by atoms with Crippen LogP contribution < -0.4 is 10.0 Å². The Balaban J connectivity index is 1.86. The van der Waals surface area contributed by atoms with Gasteiger partial charge in [0.15, 0.2) is 0 Å². The molecule has 0 amide bonds. The molecule has 0 spiro atoms. The van der Waals surface area contributed by atoms with Crippen LogP contribution in [0.3, 0.4) is 0 Å². The standard InChI is InChI=1S/C13H16N4O2S/c1-11-9-15-6-4-13(11)16-7-8-17-20(18,19)12-3-2-5-14-10-12/h2-6,9-10,17H,7-8H2,1H3,(H,15,16). The second kappa shape index (κ2) is 6.44. The van der Waals surface area contributed by atoms with Crippen LogP contribution in [0.2, 0.25) is 0 Å². The highest BCUT2D eigenvalue weighted by Crippen LogP contribution is 2.10. The fourth-order valence-electron chi connectivity index (χ4n) is 1.64. The zero-order valence-electron chi connectivity index (χ0n) is 11.1. The van der Waals surface area contributed by atoms with Gasteiger partial charge < -0.3 is 5.32 Å². The highest BCUT2D eigenvalue weighted by molar-refractivity contribution is 7.89.